The highest BCUT2D eigenvalue weighted by molar-refractivity contribution is 7.94. The summed E-state index contributed by atoms with van der Waals surface area (Å²) in [7, 11) is 0. The van der Waals surface area contributed by atoms with Gasteiger partial charge in [-0.1, -0.05) is 109 Å². The molecule has 3 heteroatoms. The SMILES string of the molecule is CC(=O)CC(=O)CC/C=C/C=P(c1ccccc1)(c1ccccc1)c1ccccc1. The number of hydrogen-bond donors (Lipinski definition) is 0. The quantitative estimate of drug-likeness (QED) is 0.377. The van der Waals surface area contributed by atoms with Crippen molar-refractivity contribution in [2.75, 3.05) is 0 Å². The van der Waals surface area contributed by atoms with Gasteiger partial charge in [0.2, 0.25) is 0 Å². The number of allylic oxidation sites excluding steroid dienone is 2. The zero-order chi connectivity index (χ0) is 21.2. The van der Waals surface area contributed by atoms with E-state index in [0.717, 1.165) is 0 Å². The molecule has 0 unspecified atom stereocenters. The maximum atomic E-state index is 11.8. The van der Waals surface area contributed by atoms with Gasteiger partial charge in [-0.05, 0) is 36.1 Å². The predicted molar refractivity (Wildman–Crippen MR) is 130 cm³/mol. The molecule has 0 saturated heterocycles. The topological polar surface area (TPSA) is 34.1 Å². The van der Waals surface area contributed by atoms with Crippen LogP contribution >= 0.6 is 6.89 Å². The molecule has 0 bridgehead atoms. The standard InChI is InChI=1S/C27H27O2P/c1-23(28)22-24(29)14-6-5-13-21-30(25-15-7-2-8-16-25,26-17-9-3-10-18-26)27-19-11-4-12-20-27/h2-5,7-13,15-21H,6,14,22H2,1H3/b13-5+. The molecule has 0 saturated carbocycles. The maximum Gasteiger partial charge on any atom is 0.140 e. The van der Waals surface area contributed by atoms with Crippen molar-refractivity contribution in [2.45, 2.75) is 26.2 Å². The van der Waals surface area contributed by atoms with Gasteiger partial charge in [-0.2, -0.15) is 0 Å². The molecule has 3 aromatic rings. The molecule has 0 aromatic heterocycles. The van der Waals surface area contributed by atoms with E-state index in [1.165, 1.54) is 22.8 Å². The first-order valence-corrected chi connectivity index (χ1v) is 12.1. The fraction of sp³-hybridized carbons (Fsp3) is 0.148. The van der Waals surface area contributed by atoms with Crippen LogP contribution in [0.25, 0.3) is 0 Å². The largest absolute Gasteiger partial charge is 0.300 e. The van der Waals surface area contributed by atoms with Gasteiger partial charge in [-0.15, -0.1) is 0 Å². The Labute approximate surface area is 179 Å². The highest BCUT2D eigenvalue weighted by Gasteiger charge is 2.23. The molecular formula is C27H27O2P. The number of benzene rings is 3. The average Bonchev–Trinajstić information content (AvgIpc) is 2.78. The molecular weight excluding hydrogens is 387 g/mol. The molecule has 30 heavy (non-hydrogen) atoms. The third-order valence-corrected chi connectivity index (χ3v) is 8.93. The molecule has 0 radical (unpaired) electrons. The first kappa shape index (κ1) is 21.7. The average molecular weight is 414 g/mol. The number of carbonyl (C=O) groups is 2. The van der Waals surface area contributed by atoms with Gasteiger partial charge in [0.1, 0.15) is 11.6 Å². The fourth-order valence-electron chi connectivity index (χ4n) is 3.59. The van der Waals surface area contributed by atoms with E-state index >= 15 is 0 Å². The smallest absolute Gasteiger partial charge is 0.140 e. The van der Waals surface area contributed by atoms with Crippen molar-refractivity contribution in [2.24, 2.45) is 0 Å². The van der Waals surface area contributed by atoms with Crippen molar-refractivity contribution < 1.29 is 9.59 Å². The maximum absolute atomic E-state index is 11.8. The van der Waals surface area contributed by atoms with Gasteiger partial charge in [-0.25, -0.2) is 0 Å². The Morgan fingerprint density at radius 3 is 1.57 bits per heavy atom. The van der Waals surface area contributed by atoms with Crippen LogP contribution in [-0.4, -0.2) is 17.4 Å². The highest BCUT2D eigenvalue weighted by atomic mass is 31.2. The molecule has 0 aliphatic carbocycles. The zero-order valence-corrected chi connectivity index (χ0v) is 18.2. The van der Waals surface area contributed by atoms with E-state index in [2.05, 4.69) is 84.7 Å². The van der Waals surface area contributed by atoms with Crippen molar-refractivity contribution in [3.8, 4) is 0 Å². The van der Waals surface area contributed by atoms with E-state index < -0.39 is 6.89 Å². The molecule has 0 amide bonds. The van der Waals surface area contributed by atoms with E-state index in [1.54, 1.807) is 0 Å². The minimum atomic E-state index is -1.99. The van der Waals surface area contributed by atoms with Crippen molar-refractivity contribution >= 4 is 40.2 Å². The lowest BCUT2D eigenvalue weighted by atomic mass is 10.1. The summed E-state index contributed by atoms with van der Waals surface area (Å²) in [6, 6.07) is 31.9. The lowest BCUT2D eigenvalue weighted by Crippen LogP contribution is -2.26. The van der Waals surface area contributed by atoms with Crippen LogP contribution in [0.4, 0.5) is 0 Å². The van der Waals surface area contributed by atoms with Gasteiger partial charge in [0.15, 0.2) is 0 Å². The molecule has 2 nitrogen and oxygen atoms in total. The summed E-state index contributed by atoms with van der Waals surface area (Å²) >= 11 is 0. The second kappa shape index (κ2) is 10.7. The van der Waals surface area contributed by atoms with E-state index in [0.29, 0.717) is 12.8 Å². The van der Waals surface area contributed by atoms with Crippen LogP contribution in [0.1, 0.15) is 26.2 Å². The molecule has 152 valence electrons. The highest BCUT2D eigenvalue weighted by Crippen LogP contribution is 2.43. The van der Waals surface area contributed by atoms with Crippen LogP contribution in [-0.2, 0) is 9.59 Å². The van der Waals surface area contributed by atoms with E-state index in [4.69, 9.17) is 0 Å². The van der Waals surface area contributed by atoms with Gasteiger partial charge in [0, 0.05) is 6.42 Å². The predicted octanol–water partition coefficient (Wildman–Crippen LogP) is 4.67. The van der Waals surface area contributed by atoms with Gasteiger partial charge < -0.3 is 0 Å². The minimum absolute atomic E-state index is 0.00221. The molecule has 0 heterocycles. The van der Waals surface area contributed by atoms with Gasteiger partial charge in [-0.3, -0.25) is 9.59 Å². The lowest BCUT2D eigenvalue weighted by Gasteiger charge is -2.28. The van der Waals surface area contributed by atoms with Crippen molar-refractivity contribution in [3.05, 3.63) is 103 Å². The summed E-state index contributed by atoms with van der Waals surface area (Å²) in [5, 5.41) is 3.87. The molecule has 0 aliphatic rings. The van der Waals surface area contributed by atoms with E-state index in [-0.39, 0.29) is 18.0 Å². The Morgan fingerprint density at radius 1 is 0.733 bits per heavy atom. The van der Waals surface area contributed by atoms with Crippen LogP contribution in [0.3, 0.4) is 0 Å². The summed E-state index contributed by atoms with van der Waals surface area (Å²) < 4.78 is 0. The number of Topliss-reactive ketones (excluding diaryl/α,β-unsaturated/α-hetero) is 2. The summed E-state index contributed by atoms with van der Waals surface area (Å²) in [6.45, 7) is -0.532. The number of hydrogen-bond acceptors (Lipinski definition) is 2. The third-order valence-electron chi connectivity index (χ3n) is 4.97. The van der Waals surface area contributed by atoms with Crippen molar-refractivity contribution in [1.82, 2.24) is 0 Å². The zero-order valence-electron chi connectivity index (χ0n) is 17.3. The molecule has 0 fully saturated rings. The Balaban J connectivity index is 2.05. The molecule has 0 atom stereocenters. The van der Waals surface area contributed by atoms with Crippen molar-refractivity contribution in [3.63, 3.8) is 0 Å². The Morgan fingerprint density at radius 2 is 1.17 bits per heavy atom. The fourth-order valence-corrected chi connectivity index (χ4v) is 7.31. The summed E-state index contributed by atoms with van der Waals surface area (Å²) in [5.41, 5.74) is 0. The first-order valence-electron chi connectivity index (χ1n) is 10.2. The van der Waals surface area contributed by atoms with E-state index in [1.807, 2.05) is 24.3 Å². The minimum Gasteiger partial charge on any atom is -0.300 e. The van der Waals surface area contributed by atoms with Gasteiger partial charge in [0.25, 0.3) is 0 Å². The number of rotatable bonds is 9. The molecule has 3 aromatic carbocycles. The number of ketones is 2. The monoisotopic (exact) mass is 414 g/mol. The first-order chi connectivity index (χ1) is 14.6. The Bertz CT molecular complexity index is 948. The van der Waals surface area contributed by atoms with Gasteiger partial charge >= 0.3 is 0 Å². The molecule has 0 N–H and O–H groups in total. The van der Waals surface area contributed by atoms with Crippen LogP contribution in [0.2, 0.25) is 0 Å². The van der Waals surface area contributed by atoms with Crippen LogP contribution in [0.5, 0.6) is 0 Å². The molecule has 3 rings (SSSR count). The third kappa shape index (κ3) is 5.34. The second-order valence-electron chi connectivity index (χ2n) is 7.26. The van der Waals surface area contributed by atoms with E-state index in [9.17, 15) is 9.59 Å². The van der Waals surface area contributed by atoms with Crippen LogP contribution < -0.4 is 15.9 Å². The van der Waals surface area contributed by atoms with Crippen LogP contribution in [0, 0.1) is 0 Å². The second-order valence-corrected chi connectivity index (χ2v) is 10.6. The Hall–Kier alpha value is -2.96. The lowest BCUT2D eigenvalue weighted by molar-refractivity contribution is -0.125. The normalized spacial score (nSPS) is 11.4. The van der Waals surface area contributed by atoms with Crippen LogP contribution in [0.15, 0.2) is 103 Å². The summed E-state index contributed by atoms with van der Waals surface area (Å²) in [4.78, 5) is 22.9. The molecule has 0 aliphatic heterocycles. The Kier molecular flexibility index (Phi) is 7.76. The molecule has 0 spiro atoms. The van der Waals surface area contributed by atoms with Crippen molar-refractivity contribution in [1.29, 1.82) is 0 Å². The number of carbonyl (C=O) groups excluding carboxylic acids is 2. The summed E-state index contributed by atoms with van der Waals surface area (Å²) in [6.07, 6.45) is 5.22. The summed E-state index contributed by atoms with van der Waals surface area (Å²) in [5.74, 6) is 2.25. The van der Waals surface area contributed by atoms with Gasteiger partial charge in [0.05, 0.1) is 6.42 Å².